The predicted octanol–water partition coefficient (Wildman–Crippen LogP) is 0.387. The Morgan fingerprint density at radius 3 is 3.00 bits per heavy atom. The fourth-order valence-corrected chi connectivity index (χ4v) is 2.41. The number of hydrogen-bond donors (Lipinski definition) is 1. The summed E-state index contributed by atoms with van der Waals surface area (Å²) in [6.45, 7) is 2.22. The molecule has 3 rings (SSSR count). The van der Waals surface area contributed by atoms with Gasteiger partial charge in [0.15, 0.2) is 0 Å². The zero-order valence-corrected chi connectivity index (χ0v) is 9.45. The first-order chi connectivity index (χ1) is 7.74. The summed E-state index contributed by atoms with van der Waals surface area (Å²) in [6.07, 6.45) is 2.17. The molecule has 2 aromatic rings. The average molecular weight is 211 g/mol. The van der Waals surface area contributed by atoms with Gasteiger partial charge in [-0.25, -0.2) is 4.98 Å². The number of nitrogens with one attached hydrogen (secondary N) is 1. The molecule has 1 N–H and O–H groups in total. The van der Waals surface area contributed by atoms with Gasteiger partial charge >= 0.3 is 0 Å². The van der Waals surface area contributed by atoms with Gasteiger partial charge in [-0.3, -0.25) is 0 Å². The summed E-state index contributed by atoms with van der Waals surface area (Å²) in [5.74, 6) is 0. The van der Waals surface area contributed by atoms with Gasteiger partial charge in [0.1, 0.15) is 13.5 Å². The topological polar surface area (TPSA) is 31.9 Å². The molecule has 0 aliphatic carbocycles. The van der Waals surface area contributed by atoms with E-state index in [1.807, 2.05) is 6.07 Å². The number of pyridine rings is 1. The zero-order valence-electron chi connectivity index (χ0n) is 9.45. The van der Waals surface area contributed by atoms with Crippen molar-refractivity contribution in [3.8, 4) is 0 Å². The van der Waals surface area contributed by atoms with Crippen LogP contribution in [-0.4, -0.2) is 42.9 Å². The summed E-state index contributed by atoms with van der Waals surface area (Å²) < 4.78 is 0. The number of hydrogen-bond acceptors (Lipinski definition) is 2. The van der Waals surface area contributed by atoms with Crippen LogP contribution in [0.4, 0.5) is 0 Å². The largest absolute Gasteiger partial charge is 0.343 e. The van der Waals surface area contributed by atoms with Crippen molar-refractivity contribution < 1.29 is 0 Å². The van der Waals surface area contributed by atoms with Crippen molar-refractivity contribution >= 4 is 24.5 Å². The summed E-state index contributed by atoms with van der Waals surface area (Å²) in [4.78, 5) is 10.1. The summed E-state index contributed by atoms with van der Waals surface area (Å²) in [6, 6.07) is 3.96. The van der Waals surface area contributed by atoms with E-state index < -0.39 is 0 Å². The average Bonchev–Trinajstić information content (AvgIpc) is 2.50. The number of H-pyrrole nitrogens is 1. The third-order valence-electron chi connectivity index (χ3n) is 3.36. The van der Waals surface area contributed by atoms with E-state index in [2.05, 4.69) is 28.0 Å². The number of rotatable bonds is 0. The number of aromatic nitrogens is 2. The lowest BCUT2D eigenvalue weighted by atomic mass is 10.0. The van der Waals surface area contributed by atoms with E-state index in [1.54, 1.807) is 0 Å². The SMILES string of the molecule is [B]c1ccc2c3c([nH]c2n1)CCN(C)CC3. The van der Waals surface area contributed by atoms with Crippen molar-refractivity contribution in [3.63, 3.8) is 0 Å². The third kappa shape index (κ3) is 1.54. The molecule has 1 aliphatic rings. The van der Waals surface area contributed by atoms with E-state index in [1.165, 1.54) is 16.6 Å². The molecule has 0 unspecified atom stereocenters. The molecule has 16 heavy (non-hydrogen) atoms. The van der Waals surface area contributed by atoms with E-state index in [0.29, 0.717) is 5.59 Å². The summed E-state index contributed by atoms with van der Waals surface area (Å²) in [5, 5.41) is 1.24. The van der Waals surface area contributed by atoms with Crippen LogP contribution in [0.25, 0.3) is 11.0 Å². The van der Waals surface area contributed by atoms with E-state index >= 15 is 0 Å². The van der Waals surface area contributed by atoms with Crippen LogP contribution in [-0.2, 0) is 12.8 Å². The zero-order chi connectivity index (χ0) is 11.1. The highest BCUT2D eigenvalue weighted by Crippen LogP contribution is 2.23. The Balaban J connectivity index is 2.15. The number of nitrogens with zero attached hydrogens (tertiary/aromatic N) is 2. The van der Waals surface area contributed by atoms with Crippen molar-refractivity contribution in [2.24, 2.45) is 0 Å². The first-order valence-corrected chi connectivity index (χ1v) is 5.68. The Morgan fingerprint density at radius 1 is 1.31 bits per heavy atom. The molecule has 0 amide bonds. The van der Waals surface area contributed by atoms with Crippen LogP contribution >= 0.6 is 0 Å². The fourth-order valence-electron chi connectivity index (χ4n) is 2.41. The molecule has 1 aliphatic heterocycles. The van der Waals surface area contributed by atoms with Gasteiger partial charge < -0.3 is 9.88 Å². The van der Waals surface area contributed by atoms with E-state index in [0.717, 1.165) is 31.6 Å². The molecule has 2 radical (unpaired) electrons. The number of fused-ring (bicyclic) bond motifs is 3. The van der Waals surface area contributed by atoms with Crippen LogP contribution in [0.15, 0.2) is 12.1 Å². The summed E-state index contributed by atoms with van der Waals surface area (Å²) in [7, 11) is 7.87. The molecule has 0 aromatic carbocycles. The maximum Gasteiger partial charge on any atom is 0.141 e. The Kier molecular flexibility index (Phi) is 2.25. The minimum Gasteiger partial charge on any atom is -0.343 e. The van der Waals surface area contributed by atoms with Crippen molar-refractivity contribution in [1.82, 2.24) is 14.9 Å². The van der Waals surface area contributed by atoms with E-state index in [4.69, 9.17) is 7.85 Å². The second kappa shape index (κ2) is 3.63. The monoisotopic (exact) mass is 211 g/mol. The minimum atomic E-state index is 0.584. The lowest BCUT2D eigenvalue weighted by Gasteiger charge is -2.11. The van der Waals surface area contributed by atoms with Gasteiger partial charge in [0.05, 0.1) is 0 Å². The Labute approximate surface area is 96.3 Å². The maximum atomic E-state index is 5.70. The standard InChI is InChI=1S/C12H14BN3/c1-16-6-4-8-9-2-3-11(13)15-12(9)14-10(8)5-7-16/h2-3H,4-7H2,1H3,(H,14,15). The summed E-state index contributed by atoms with van der Waals surface area (Å²) in [5.41, 5.74) is 4.28. The quantitative estimate of drug-likeness (QED) is 0.639. The first kappa shape index (κ1) is 9.91. The fraction of sp³-hybridized carbons (Fsp3) is 0.417. The molecular formula is C12H14BN3. The summed E-state index contributed by atoms with van der Waals surface area (Å²) >= 11 is 0. The van der Waals surface area contributed by atoms with Gasteiger partial charge in [-0.15, -0.1) is 0 Å². The van der Waals surface area contributed by atoms with Gasteiger partial charge in [-0.2, -0.15) is 0 Å². The van der Waals surface area contributed by atoms with Crippen LogP contribution < -0.4 is 5.59 Å². The number of aromatic amines is 1. The highest BCUT2D eigenvalue weighted by atomic mass is 15.1. The van der Waals surface area contributed by atoms with Crippen LogP contribution in [0.3, 0.4) is 0 Å². The lowest BCUT2D eigenvalue weighted by molar-refractivity contribution is 0.352. The van der Waals surface area contributed by atoms with Crippen LogP contribution in [0.1, 0.15) is 11.3 Å². The van der Waals surface area contributed by atoms with Crippen LogP contribution in [0, 0.1) is 0 Å². The van der Waals surface area contributed by atoms with Crippen molar-refractivity contribution in [3.05, 3.63) is 23.4 Å². The van der Waals surface area contributed by atoms with E-state index in [-0.39, 0.29) is 0 Å². The van der Waals surface area contributed by atoms with Gasteiger partial charge in [-0.1, -0.05) is 12.1 Å². The Bertz CT molecular complexity index is 532. The Morgan fingerprint density at radius 2 is 2.12 bits per heavy atom. The van der Waals surface area contributed by atoms with Crippen molar-refractivity contribution in [2.75, 3.05) is 20.1 Å². The molecule has 3 heterocycles. The molecule has 80 valence electrons. The molecule has 0 spiro atoms. The molecule has 0 saturated heterocycles. The van der Waals surface area contributed by atoms with Crippen molar-refractivity contribution in [1.29, 1.82) is 0 Å². The van der Waals surface area contributed by atoms with Crippen LogP contribution in [0.5, 0.6) is 0 Å². The normalized spacial score (nSPS) is 17.3. The highest BCUT2D eigenvalue weighted by molar-refractivity contribution is 6.31. The second-order valence-corrected chi connectivity index (χ2v) is 4.52. The van der Waals surface area contributed by atoms with Gasteiger partial charge in [0, 0.05) is 30.6 Å². The second-order valence-electron chi connectivity index (χ2n) is 4.52. The van der Waals surface area contributed by atoms with Gasteiger partial charge in [-0.05, 0) is 24.6 Å². The highest BCUT2D eigenvalue weighted by Gasteiger charge is 2.16. The van der Waals surface area contributed by atoms with Crippen molar-refractivity contribution in [2.45, 2.75) is 12.8 Å². The smallest absolute Gasteiger partial charge is 0.141 e. The van der Waals surface area contributed by atoms with Gasteiger partial charge in [0.2, 0.25) is 0 Å². The molecule has 3 nitrogen and oxygen atoms in total. The molecule has 0 fully saturated rings. The molecule has 0 saturated carbocycles. The van der Waals surface area contributed by atoms with Gasteiger partial charge in [0.25, 0.3) is 0 Å². The predicted molar refractivity (Wildman–Crippen MR) is 66.4 cm³/mol. The number of likely N-dealkylation sites (N-methyl/N-ethyl adjacent to an activating group) is 1. The molecule has 2 aromatic heterocycles. The van der Waals surface area contributed by atoms with Crippen LogP contribution in [0.2, 0.25) is 0 Å². The maximum absolute atomic E-state index is 5.70. The lowest BCUT2D eigenvalue weighted by Crippen LogP contribution is -2.21. The van der Waals surface area contributed by atoms with E-state index in [9.17, 15) is 0 Å². The molecule has 0 bridgehead atoms. The first-order valence-electron chi connectivity index (χ1n) is 5.68. The molecule has 0 atom stereocenters. The Hall–Kier alpha value is -1.29. The molecule has 4 heteroatoms. The molecular weight excluding hydrogens is 197 g/mol. The minimum absolute atomic E-state index is 0.584. The third-order valence-corrected chi connectivity index (χ3v) is 3.36.